The van der Waals surface area contributed by atoms with Crippen LogP contribution in [0.4, 0.5) is 10.1 Å². The molecule has 0 aliphatic carbocycles. The minimum Gasteiger partial charge on any atom is -0.353 e. The molecule has 1 aliphatic rings. The third kappa shape index (κ3) is 5.36. The zero-order valence-corrected chi connectivity index (χ0v) is 17.8. The van der Waals surface area contributed by atoms with Crippen molar-refractivity contribution in [3.63, 3.8) is 0 Å². The van der Waals surface area contributed by atoms with Gasteiger partial charge < -0.3 is 5.32 Å². The van der Waals surface area contributed by atoms with E-state index in [1.807, 2.05) is 44.2 Å². The van der Waals surface area contributed by atoms with Crippen LogP contribution in [0.2, 0.25) is 0 Å². The SMILES string of the molecule is CCC(CC)NC(=O)CSC1=NC(=Cc2ccccc2)C(=O)N1c1ccc(F)cc1. The number of aliphatic imine (C=N–C) groups is 1. The molecule has 0 atom stereocenters. The molecule has 0 fully saturated rings. The fourth-order valence-electron chi connectivity index (χ4n) is 3.01. The molecule has 0 saturated heterocycles. The van der Waals surface area contributed by atoms with Crippen molar-refractivity contribution in [3.05, 3.63) is 71.7 Å². The molecule has 0 radical (unpaired) electrons. The molecule has 0 aromatic heterocycles. The van der Waals surface area contributed by atoms with Gasteiger partial charge in [-0.3, -0.25) is 14.5 Å². The fourth-order valence-corrected chi connectivity index (χ4v) is 3.83. The number of halogens is 1. The smallest absolute Gasteiger partial charge is 0.283 e. The summed E-state index contributed by atoms with van der Waals surface area (Å²) in [5.41, 5.74) is 1.62. The molecule has 5 nitrogen and oxygen atoms in total. The van der Waals surface area contributed by atoms with Crippen LogP contribution < -0.4 is 10.2 Å². The molecule has 1 aliphatic heterocycles. The van der Waals surface area contributed by atoms with Crippen LogP contribution in [0.5, 0.6) is 0 Å². The molecule has 30 heavy (non-hydrogen) atoms. The summed E-state index contributed by atoms with van der Waals surface area (Å²) < 4.78 is 13.4. The molecule has 2 amide bonds. The maximum atomic E-state index is 13.4. The molecule has 0 spiro atoms. The van der Waals surface area contributed by atoms with Crippen molar-refractivity contribution in [3.8, 4) is 0 Å². The van der Waals surface area contributed by atoms with Crippen LogP contribution >= 0.6 is 11.8 Å². The first-order valence-electron chi connectivity index (χ1n) is 9.89. The average Bonchev–Trinajstić information content (AvgIpc) is 3.07. The maximum absolute atomic E-state index is 13.4. The van der Waals surface area contributed by atoms with Gasteiger partial charge in [0.25, 0.3) is 5.91 Å². The van der Waals surface area contributed by atoms with Gasteiger partial charge in [-0.2, -0.15) is 0 Å². The van der Waals surface area contributed by atoms with Crippen molar-refractivity contribution >= 4 is 40.5 Å². The minimum absolute atomic E-state index is 0.108. The number of nitrogens with one attached hydrogen (secondary N) is 1. The molecule has 156 valence electrons. The second kappa shape index (κ2) is 10.2. The van der Waals surface area contributed by atoms with Gasteiger partial charge in [0, 0.05) is 6.04 Å². The van der Waals surface area contributed by atoms with Crippen LogP contribution in [-0.4, -0.2) is 28.8 Å². The van der Waals surface area contributed by atoms with E-state index in [0.717, 1.165) is 18.4 Å². The van der Waals surface area contributed by atoms with E-state index in [9.17, 15) is 14.0 Å². The third-order valence-corrected chi connectivity index (χ3v) is 5.64. The quantitative estimate of drug-likeness (QED) is 0.659. The molecular formula is C23H24FN3O2S. The Kier molecular flexibility index (Phi) is 7.41. The zero-order chi connectivity index (χ0) is 21.5. The fraction of sp³-hybridized carbons (Fsp3) is 0.261. The summed E-state index contributed by atoms with van der Waals surface area (Å²) in [5, 5.41) is 3.38. The number of amidine groups is 1. The van der Waals surface area contributed by atoms with Gasteiger partial charge in [0.2, 0.25) is 5.91 Å². The highest BCUT2D eigenvalue weighted by molar-refractivity contribution is 8.14. The number of anilines is 1. The van der Waals surface area contributed by atoms with Gasteiger partial charge >= 0.3 is 0 Å². The molecule has 2 aromatic rings. The Morgan fingerprint density at radius 2 is 1.80 bits per heavy atom. The largest absolute Gasteiger partial charge is 0.353 e. The highest BCUT2D eigenvalue weighted by atomic mass is 32.2. The van der Waals surface area contributed by atoms with Crippen LogP contribution in [0.15, 0.2) is 65.3 Å². The Morgan fingerprint density at radius 3 is 2.43 bits per heavy atom. The second-order valence-electron chi connectivity index (χ2n) is 6.82. The van der Waals surface area contributed by atoms with E-state index in [2.05, 4.69) is 10.3 Å². The Bertz CT molecular complexity index is 954. The highest BCUT2D eigenvalue weighted by Crippen LogP contribution is 2.29. The number of benzene rings is 2. The summed E-state index contributed by atoms with van der Waals surface area (Å²) in [5.74, 6) is -0.670. The highest BCUT2D eigenvalue weighted by Gasteiger charge is 2.32. The van der Waals surface area contributed by atoms with Gasteiger partial charge in [0.05, 0.1) is 11.4 Å². The van der Waals surface area contributed by atoms with Crippen LogP contribution in [-0.2, 0) is 9.59 Å². The third-order valence-electron chi connectivity index (χ3n) is 4.70. The number of hydrogen-bond donors (Lipinski definition) is 1. The van der Waals surface area contributed by atoms with Crippen molar-refractivity contribution in [2.45, 2.75) is 32.7 Å². The van der Waals surface area contributed by atoms with Crippen LogP contribution in [0.25, 0.3) is 6.08 Å². The minimum atomic E-state index is -0.388. The van der Waals surface area contributed by atoms with Gasteiger partial charge in [-0.25, -0.2) is 9.38 Å². The van der Waals surface area contributed by atoms with Crippen molar-refractivity contribution in [1.82, 2.24) is 5.32 Å². The van der Waals surface area contributed by atoms with Crippen LogP contribution in [0.3, 0.4) is 0 Å². The van der Waals surface area contributed by atoms with E-state index < -0.39 is 0 Å². The van der Waals surface area contributed by atoms with Crippen LogP contribution in [0.1, 0.15) is 32.3 Å². The van der Waals surface area contributed by atoms with E-state index in [1.54, 1.807) is 6.08 Å². The number of carbonyl (C=O) groups excluding carboxylic acids is 2. The monoisotopic (exact) mass is 425 g/mol. The molecular weight excluding hydrogens is 401 g/mol. The normalized spacial score (nSPS) is 15.1. The zero-order valence-electron chi connectivity index (χ0n) is 17.0. The molecule has 2 aromatic carbocycles. The lowest BCUT2D eigenvalue weighted by Crippen LogP contribution is -2.36. The van der Waals surface area contributed by atoms with E-state index in [1.165, 1.54) is 40.9 Å². The predicted molar refractivity (Wildman–Crippen MR) is 121 cm³/mol. The lowest BCUT2D eigenvalue weighted by atomic mass is 10.2. The standard InChI is InChI=1S/C23H24FN3O2S/c1-3-18(4-2)25-21(28)15-30-23-26-20(14-16-8-6-5-7-9-16)22(29)27(23)19-12-10-17(24)11-13-19/h5-14,18H,3-4,15H2,1-2H3,(H,25,28). The van der Waals surface area contributed by atoms with Gasteiger partial charge in [-0.1, -0.05) is 55.9 Å². The topological polar surface area (TPSA) is 61.8 Å². The van der Waals surface area contributed by atoms with Crippen LogP contribution in [0, 0.1) is 5.82 Å². The average molecular weight is 426 g/mol. The van der Waals surface area contributed by atoms with E-state index >= 15 is 0 Å². The lowest BCUT2D eigenvalue weighted by Gasteiger charge is -2.18. The first kappa shape index (κ1) is 21.8. The van der Waals surface area contributed by atoms with Gasteiger partial charge in [0.15, 0.2) is 5.17 Å². The molecule has 0 bridgehead atoms. The lowest BCUT2D eigenvalue weighted by molar-refractivity contribution is -0.119. The second-order valence-corrected chi connectivity index (χ2v) is 7.76. The molecule has 1 heterocycles. The summed E-state index contributed by atoms with van der Waals surface area (Å²) in [4.78, 5) is 31.3. The van der Waals surface area contributed by atoms with Crippen molar-refractivity contribution < 1.29 is 14.0 Å². The number of carbonyl (C=O) groups is 2. The van der Waals surface area contributed by atoms with Gasteiger partial charge in [-0.05, 0) is 48.7 Å². The summed E-state index contributed by atoms with van der Waals surface area (Å²) in [6.45, 7) is 4.05. The summed E-state index contributed by atoms with van der Waals surface area (Å²) in [6, 6.07) is 15.2. The Balaban J connectivity index is 1.84. The Morgan fingerprint density at radius 1 is 1.13 bits per heavy atom. The van der Waals surface area contributed by atoms with E-state index in [0.29, 0.717) is 10.9 Å². The summed E-state index contributed by atoms with van der Waals surface area (Å²) >= 11 is 1.19. The first-order chi connectivity index (χ1) is 14.5. The summed E-state index contributed by atoms with van der Waals surface area (Å²) in [6.07, 6.45) is 3.42. The first-order valence-corrected chi connectivity index (χ1v) is 10.9. The maximum Gasteiger partial charge on any atom is 0.283 e. The van der Waals surface area contributed by atoms with Crippen molar-refractivity contribution in [2.24, 2.45) is 4.99 Å². The summed E-state index contributed by atoms with van der Waals surface area (Å²) in [7, 11) is 0. The molecule has 1 N–H and O–H groups in total. The number of nitrogens with zero attached hydrogens (tertiary/aromatic N) is 2. The van der Waals surface area contributed by atoms with Crippen molar-refractivity contribution in [1.29, 1.82) is 0 Å². The van der Waals surface area contributed by atoms with Gasteiger partial charge in [-0.15, -0.1) is 0 Å². The van der Waals surface area contributed by atoms with Crippen molar-refractivity contribution in [2.75, 3.05) is 10.7 Å². The number of amides is 2. The number of rotatable bonds is 7. The Hall–Kier alpha value is -2.93. The molecule has 3 rings (SSSR count). The van der Waals surface area contributed by atoms with Gasteiger partial charge in [0.1, 0.15) is 11.5 Å². The number of hydrogen-bond acceptors (Lipinski definition) is 4. The number of thioether (sulfide) groups is 1. The predicted octanol–water partition coefficient (Wildman–Crippen LogP) is 4.61. The molecule has 0 unspecified atom stereocenters. The molecule has 7 heteroatoms. The van der Waals surface area contributed by atoms with E-state index in [-0.39, 0.29) is 35.1 Å². The Labute approximate surface area is 180 Å². The molecule has 0 saturated carbocycles. The van der Waals surface area contributed by atoms with E-state index in [4.69, 9.17) is 0 Å².